The molecule has 4 nitrogen and oxygen atoms in total. The number of aryl methyl sites for hydroxylation is 1. The van der Waals surface area contributed by atoms with Gasteiger partial charge >= 0.3 is 0 Å². The van der Waals surface area contributed by atoms with Crippen molar-refractivity contribution in [2.24, 2.45) is 10.9 Å². The zero-order valence-corrected chi connectivity index (χ0v) is 17.3. The SMILES string of the molecule is CCNC(=NCc1ccccc1C)NCC1CCN(C2CC2)C1.I. The molecule has 1 aliphatic carbocycles. The summed E-state index contributed by atoms with van der Waals surface area (Å²) in [6, 6.07) is 9.38. The molecule has 0 amide bonds. The van der Waals surface area contributed by atoms with E-state index in [1.807, 2.05) is 0 Å². The third kappa shape index (κ3) is 5.62. The largest absolute Gasteiger partial charge is 0.357 e. The van der Waals surface area contributed by atoms with Gasteiger partial charge in [-0.3, -0.25) is 0 Å². The molecule has 1 heterocycles. The first-order valence-electron chi connectivity index (χ1n) is 9.07. The van der Waals surface area contributed by atoms with Crippen molar-refractivity contribution in [3.8, 4) is 0 Å². The van der Waals surface area contributed by atoms with Gasteiger partial charge in [-0.1, -0.05) is 24.3 Å². The van der Waals surface area contributed by atoms with Crippen LogP contribution in [0.3, 0.4) is 0 Å². The first-order valence-corrected chi connectivity index (χ1v) is 9.07. The summed E-state index contributed by atoms with van der Waals surface area (Å²) in [5.74, 6) is 1.71. The summed E-state index contributed by atoms with van der Waals surface area (Å²) in [4.78, 5) is 7.42. The minimum absolute atomic E-state index is 0. The summed E-state index contributed by atoms with van der Waals surface area (Å²) >= 11 is 0. The maximum atomic E-state index is 4.75. The third-order valence-electron chi connectivity index (χ3n) is 4.95. The van der Waals surface area contributed by atoms with E-state index in [-0.39, 0.29) is 24.0 Å². The molecule has 1 aromatic rings. The molecule has 0 aromatic heterocycles. The first-order chi connectivity index (χ1) is 11.3. The lowest BCUT2D eigenvalue weighted by Crippen LogP contribution is -2.40. The summed E-state index contributed by atoms with van der Waals surface area (Å²) in [6.07, 6.45) is 4.15. The van der Waals surface area contributed by atoms with E-state index in [1.165, 1.54) is 43.5 Å². The van der Waals surface area contributed by atoms with Crippen molar-refractivity contribution >= 4 is 29.9 Å². The number of likely N-dealkylation sites (tertiary alicyclic amines) is 1. The Morgan fingerprint density at radius 2 is 2.00 bits per heavy atom. The van der Waals surface area contributed by atoms with Gasteiger partial charge in [0, 0.05) is 25.7 Å². The van der Waals surface area contributed by atoms with Gasteiger partial charge in [0.2, 0.25) is 0 Å². The maximum absolute atomic E-state index is 4.75. The number of benzene rings is 1. The Hall–Kier alpha value is -0.820. The van der Waals surface area contributed by atoms with Crippen molar-refractivity contribution in [3.63, 3.8) is 0 Å². The molecule has 1 saturated carbocycles. The van der Waals surface area contributed by atoms with E-state index in [9.17, 15) is 0 Å². The van der Waals surface area contributed by atoms with Crippen LogP contribution >= 0.6 is 24.0 Å². The van der Waals surface area contributed by atoms with Crippen LogP contribution in [0.2, 0.25) is 0 Å². The minimum Gasteiger partial charge on any atom is -0.357 e. The van der Waals surface area contributed by atoms with Gasteiger partial charge in [-0.15, -0.1) is 24.0 Å². The molecule has 1 aliphatic heterocycles. The van der Waals surface area contributed by atoms with Crippen LogP contribution in [-0.4, -0.2) is 43.1 Å². The molecule has 1 aromatic carbocycles. The number of nitrogens with zero attached hydrogens (tertiary/aromatic N) is 2. The fourth-order valence-corrected chi connectivity index (χ4v) is 3.34. The van der Waals surface area contributed by atoms with Crippen molar-refractivity contribution < 1.29 is 0 Å². The number of hydrogen-bond donors (Lipinski definition) is 2. The molecule has 2 N–H and O–H groups in total. The highest BCUT2D eigenvalue weighted by atomic mass is 127. The van der Waals surface area contributed by atoms with E-state index < -0.39 is 0 Å². The highest BCUT2D eigenvalue weighted by Gasteiger charge is 2.34. The van der Waals surface area contributed by atoms with Crippen LogP contribution in [0.15, 0.2) is 29.3 Å². The number of nitrogens with one attached hydrogen (secondary N) is 2. The summed E-state index contributed by atoms with van der Waals surface area (Å²) in [6.45, 7) is 9.48. The van der Waals surface area contributed by atoms with E-state index in [0.29, 0.717) is 0 Å². The van der Waals surface area contributed by atoms with Crippen LogP contribution in [0.4, 0.5) is 0 Å². The Morgan fingerprint density at radius 3 is 2.71 bits per heavy atom. The zero-order chi connectivity index (χ0) is 16.1. The molecule has 1 unspecified atom stereocenters. The van der Waals surface area contributed by atoms with E-state index in [1.54, 1.807) is 0 Å². The fourth-order valence-electron chi connectivity index (χ4n) is 3.34. The third-order valence-corrected chi connectivity index (χ3v) is 4.95. The fraction of sp³-hybridized carbons (Fsp3) is 0.632. The molecule has 0 spiro atoms. The second-order valence-corrected chi connectivity index (χ2v) is 6.88. The van der Waals surface area contributed by atoms with Crippen molar-refractivity contribution in [1.82, 2.24) is 15.5 Å². The van der Waals surface area contributed by atoms with Gasteiger partial charge in [0.15, 0.2) is 5.96 Å². The normalized spacial score (nSPS) is 21.4. The summed E-state index contributed by atoms with van der Waals surface area (Å²) < 4.78 is 0. The molecule has 24 heavy (non-hydrogen) atoms. The Labute approximate surface area is 163 Å². The maximum Gasteiger partial charge on any atom is 0.191 e. The molecule has 2 aliphatic rings. The predicted molar refractivity (Wildman–Crippen MR) is 112 cm³/mol. The topological polar surface area (TPSA) is 39.7 Å². The number of hydrogen-bond acceptors (Lipinski definition) is 2. The summed E-state index contributed by atoms with van der Waals surface area (Å²) in [7, 11) is 0. The summed E-state index contributed by atoms with van der Waals surface area (Å²) in [5, 5.41) is 6.91. The van der Waals surface area contributed by atoms with Crippen LogP contribution < -0.4 is 10.6 Å². The van der Waals surface area contributed by atoms with Crippen LogP contribution in [0.5, 0.6) is 0 Å². The lowest BCUT2D eigenvalue weighted by molar-refractivity contribution is 0.314. The monoisotopic (exact) mass is 442 g/mol. The highest BCUT2D eigenvalue weighted by Crippen LogP contribution is 2.31. The number of halogens is 1. The number of rotatable bonds is 6. The van der Waals surface area contributed by atoms with Crippen LogP contribution in [-0.2, 0) is 6.54 Å². The van der Waals surface area contributed by atoms with E-state index in [0.717, 1.165) is 37.6 Å². The average molecular weight is 442 g/mol. The van der Waals surface area contributed by atoms with Crippen molar-refractivity contribution in [2.45, 2.75) is 45.7 Å². The molecule has 1 saturated heterocycles. The van der Waals surface area contributed by atoms with E-state index in [4.69, 9.17) is 4.99 Å². The van der Waals surface area contributed by atoms with Crippen molar-refractivity contribution in [2.75, 3.05) is 26.2 Å². The Balaban J connectivity index is 0.00000208. The first kappa shape index (κ1) is 19.5. The number of guanidine groups is 1. The Bertz CT molecular complexity index is 542. The van der Waals surface area contributed by atoms with Crippen molar-refractivity contribution in [1.29, 1.82) is 0 Å². The molecule has 5 heteroatoms. The van der Waals surface area contributed by atoms with Gasteiger partial charge < -0.3 is 15.5 Å². The van der Waals surface area contributed by atoms with Gasteiger partial charge in [-0.2, -0.15) is 0 Å². The van der Waals surface area contributed by atoms with Gasteiger partial charge in [0.05, 0.1) is 6.54 Å². The smallest absolute Gasteiger partial charge is 0.191 e. The molecule has 3 rings (SSSR count). The summed E-state index contributed by atoms with van der Waals surface area (Å²) in [5.41, 5.74) is 2.61. The van der Waals surface area contributed by atoms with Crippen LogP contribution in [0, 0.1) is 12.8 Å². The highest BCUT2D eigenvalue weighted by molar-refractivity contribution is 14.0. The van der Waals surface area contributed by atoms with Gasteiger partial charge in [0.1, 0.15) is 0 Å². The van der Waals surface area contributed by atoms with Gasteiger partial charge in [-0.05, 0) is 56.7 Å². The van der Waals surface area contributed by atoms with Gasteiger partial charge in [-0.25, -0.2) is 4.99 Å². The predicted octanol–water partition coefficient (Wildman–Crippen LogP) is 3.15. The Morgan fingerprint density at radius 1 is 1.21 bits per heavy atom. The molecule has 134 valence electrons. The van der Waals surface area contributed by atoms with Crippen LogP contribution in [0.25, 0.3) is 0 Å². The lowest BCUT2D eigenvalue weighted by atomic mass is 10.1. The molecular weight excluding hydrogens is 411 g/mol. The zero-order valence-electron chi connectivity index (χ0n) is 14.9. The second kappa shape index (κ2) is 9.61. The lowest BCUT2D eigenvalue weighted by Gasteiger charge is -2.17. The Kier molecular flexibility index (Phi) is 7.81. The minimum atomic E-state index is 0. The molecule has 0 radical (unpaired) electrons. The van der Waals surface area contributed by atoms with Crippen molar-refractivity contribution in [3.05, 3.63) is 35.4 Å². The van der Waals surface area contributed by atoms with E-state index >= 15 is 0 Å². The average Bonchev–Trinajstić information content (AvgIpc) is 3.30. The molecule has 2 fully saturated rings. The molecular formula is C19H31IN4. The standard InChI is InChI=1S/C19H30N4.HI/c1-3-20-19(22-13-17-7-5-4-6-15(17)2)21-12-16-10-11-23(14-16)18-8-9-18;/h4-7,16,18H,3,8-14H2,1-2H3,(H2,20,21,22);1H. The second-order valence-electron chi connectivity index (χ2n) is 6.88. The quantitative estimate of drug-likeness (QED) is 0.404. The van der Waals surface area contributed by atoms with E-state index in [2.05, 4.69) is 53.6 Å². The van der Waals surface area contributed by atoms with Gasteiger partial charge in [0.25, 0.3) is 0 Å². The number of aliphatic imine (C=N–C) groups is 1. The molecule has 1 atom stereocenters. The molecule has 0 bridgehead atoms. The van der Waals surface area contributed by atoms with Crippen LogP contribution in [0.1, 0.15) is 37.3 Å².